The molecule has 2 heterocycles. The number of rotatable bonds is 5. The van der Waals surface area contributed by atoms with E-state index in [1.807, 2.05) is 36.4 Å². The van der Waals surface area contributed by atoms with Gasteiger partial charge in [-0.05, 0) is 19.1 Å². The van der Waals surface area contributed by atoms with Crippen LogP contribution in [-0.4, -0.2) is 59.4 Å². The van der Waals surface area contributed by atoms with E-state index in [9.17, 15) is 9.59 Å². The van der Waals surface area contributed by atoms with Gasteiger partial charge in [-0.15, -0.1) is 0 Å². The SMILES string of the molecule is COCCN1CC(=O)N(Cc2ccc3ccccc3n2)[C@@H](C)C1=O. The van der Waals surface area contributed by atoms with Crippen LogP contribution in [0.1, 0.15) is 12.6 Å². The van der Waals surface area contributed by atoms with Gasteiger partial charge in [0.2, 0.25) is 11.8 Å². The number of carbonyl (C=O) groups excluding carboxylic acids is 2. The monoisotopic (exact) mass is 327 g/mol. The number of pyridine rings is 1. The van der Waals surface area contributed by atoms with Gasteiger partial charge in [-0.25, -0.2) is 0 Å². The summed E-state index contributed by atoms with van der Waals surface area (Å²) >= 11 is 0. The average Bonchev–Trinajstić information content (AvgIpc) is 2.60. The molecule has 2 aromatic rings. The fourth-order valence-corrected chi connectivity index (χ4v) is 2.93. The summed E-state index contributed by atoms with van der Waals surface area (Å²) in [4.78, 5) is 32.7. The van der Waals surface area contributed by atoms with Gasteiger partial charge < -0.3 is 14.5 Å². The second kappa shape index (κ2) is 6.97. The molecule has 126 valence electrons. The van der Waals surface area contributed by atoms with E-state index in [0.717, 1.165) is 16.6 Å². The molecule has 1 atom stereocenters. The summed E-state index contributed by atoms with van der Waals surface area (Å²) < 4.78 is 5.00. The molecule has 1 aromatic heterocycles. The quantitative estimate of drug-likeness (QED) is 0.834. The Bertz CT molecular complexity index is 762. The van der Waals surface area contributed by atoms with Gasteiger partial charge in [0, 0.05) is 19.0 Å². The maximum atomic E-state index is 12.5. The molecule has 3 rings (SSSR count). The summed E-state index contributed by atoms with van der Waals surface area (Å²) in [5, 5.41) is 1.06. The summed E-state index contributed by atoms with van der Waals surface area (Å²) in [5.74, 6) is -0.111. The summed E-state index contributed by atoms with van der Waals surface area (Å²) in [6.07, 6.45) is 0. The number of ether oxygens (including phenoxy) is 1. The third-order valence-corrected chi connectivity index (χ3v) is 4.34. The van der Waals surface area contributed by atoms with Crippen LogP contribution >= 0.6 is 0 Å². The van der Waals surface area contributed by atoms with Gasteiger partial charge in [0.25, 0.3) is 0 Å². The fourth-order valence-electron chi connectivity index (χ4n) is 2.93. The van der Waals surface area contributed by atoms with Gasteiger partial charge >= 0.3 is 0 Å². The Hall–Kier alpha value is -2.47. The molecule has 0 aliphatic carbocycles. The third-order valence-electron chi connectivity index (χ3n) is 4.34. The predicted molar refractivity (Wildman–Crippen MR) is 90.2 cm³/mol. The van der Waals surface area contributed by atoms with Gasteiger partial charge in [0.15, 0.2) is 0 Å². The number of aromatic nitrogens is 1. The van der Waals surface area contributed by atoms with Crippen LogP contribution in [0.25, 0.3) is 10.9 Å². The van der Waals surface area contributed by atoms with Crippen molar-refractivity contribution in [3.8, 4) is 0 Å². The van der Waals surface area contributed by atoms with Crippen LogP contribution in [0.2, 0.25) is 0 Å². The minimum atomic E-state index is -0.489. The Morgan fingerprint density at radius 3 is 2.79 bits per heavy atom. The highest BCUT2D eigenvalue weighted by Gasteiger charge is 2.36. The van der Waals surface area contributed by atoms with Gasteiger partial charge in [-0.1, -0.05) is 24.3 Å². The van der Waals surface area contributed by atoms with Crippen LogP contribution in [0.4, 0.5) is 0 Å². The Morgan fingerprint density at radius 1 is 1.21 bits per heavy atom. The number of methoxy groups -OCH3 is 1. The van der Waals surface area contributed by atoms with Crippen molar-refractivity contribution in [2.45, 2.75) is 19.5 Å². The number of piperazine rings is 1. The largest absolute Gasteiger partial charge is 0.383 e. The number of nitrogens with zero attached hydrogens (tertiary/aromatic N) is 3. The lowest BCUT2D eigenvalue weighted by atomic mass is 10.1. The molecule has 24 heavy (non-hydrogen) atoms. The van der Waals surface area contributed by atoms with Crippen LogP contribution in [-0.2, 0) is 20.9 Å². The smallest absolute Gasteiger partial charge is 0.245 e. The molecule has 0 bridgehead atoms. The molecule has 1 saturated heterocycles. The second-order valence-corrected chi connectivity index (χ2v) is 5.95. The molecular weight excluding hydrogens is 306 g/mol. The van der Waals surface area contributed by atoms with Crippen LogP contribution in [0.5, 0.6) is 0 Å². The number of hydrogen-bond donors (Lipinski definition) is 0. The topological polar surface area (TPSA) is 62.7 Å². The van der Waals surface area contributed by atoms with E-state index < -0.39 is 6.04 Å². The Kier molecular flexibility index (Phi) is 4.76. The van der Waals surface area contributed by atoms with Crippen molar-refractivity contribution in [1.82, 2.24) is 14.8 Å². The maximum absolute atomic E-state index is 12.5. The zero-order valence-electron chi connectivity index (χ0n) is 13.9. The molecule has 0 N–H and O–H groups in total. The van der Waals surface area contributed by atoms with E-state index in [1.165, 1.54) is 0 Å². The Labute approximate surface area is 141 Å². The minimum absolute atomic E-state index is 0.0487. The predicted octanol–water partition coefficient (Wildman–Crippen LogP) is 1.44. The van der Waals surface area contributed by atoms with Crippen molar-refractivity contribution < 1.29 is 14.3 Å². The summed E-state index contributed by atoms with van der Waals surface area (Å²) in [6.45, 7) is 3.07. The lowest BCUT2D eigenvalue weighted by Crippen LogP contribution is -2.58. The average molecular weight is 327 g/mol. The molecule has 0 saturated carbocycles. The molecule has 1 aromatic carbocycles. The zero-order valence-corrected chi connectivity index (χ0v) is 13.9. The Morgan fingerprint density at radius 2 is 2.00 bits per heavy atom. The normalized spacial score (nSPS) is 18.5. The highest BCUT2D eigenvalue weighted by atomic mass is 16.5. The highest BCUT2D eigenvalue weighted by molar-refractivity contribution is 5.94. The fraction of sp³-hybridized carbons (Fsp3) is 0.389. The summed E-state index contributed by atoms with van der Waals surface area (Å²) in [5.41, 5.74) is 1.67. The van der Waals surface area contributed by atoms with E-state index in [0.29, 0.717) is 19.7 Å². The molecule has 2 amide bonds. The number of benzene rings is 1. The molecule has 1 aliphatic heterocycles. The number of para-hydroxylation sites is 1. The molecule has 1 aliphatic rings. The van der Waals surface area contributed by atoms with Crippen LogP contribution in [0.15, 0.2) is 36.4 Å². The summed E-state index contributed by atoms with van der Waals surface area (Å²) in [7, 11) is 1.58. The van der Waals surface area contributed by atoms with Crippen molar-refractivity contribution in [1.29, 1.82) is 0 Å². The van der Waals surface area contributed by atoms with Crippen molar-refractivity contribution in [2.75, 3.05) is 26.8 Å². The summed E-state index contributed by atoms with van der Waals surface area (Å²) in [6, 6.07) is 11.2. The lowest BCUT2D eigenvalue weighted by Gasteiger charge is -2.38. The first kappa shape index (κ1) is 16.4. The van der Waals surface area contributed by atoms with Crippen LogP contribution < -0.4 is 0 Å². The maximum Gasteiger partial charge on any atom is 0.245 e. The van der Waals surface area contributed by atoms with Crippen molar-refractivity contribution >= 4 is 22.7 Å². The molecule has 0 radical (unpaired) electrons. The number of amides is 2. The van der Waals surface area contributed by atoms with Crippen LogP contribution in [0.3, 0.4) is 0 Å². The van der Waals surface area contributed by atoms with Crippen molar-refractivity contribution in [3.05, 3.63) is 42.1 Å². The van der Waals surface area contributed by atoms with Gasteiger partial charge in [-0.3, -0.25) is 14.6 Å². The molecule has 0 spiro atoms. The van der Waals surface area contributed by atoms with E-state index >= 15 is 0 Å². The highest BCUT2D eigenvalue weighted by Crippen LogP contribution is 2.18. The van der Waals surface area contributed by atoms with E-state index in [4.69, 9.17) is 4.74 Å². The number of fused-ring (bicyclic) bond motifs is 1. The first-order valence-corrected chi connectivity index (χ1v) is 8.02. The molecular formula is C18H21N3O3. The van der Waals surface area contributed by atoms with E-state index in [1.54, 1.807) is 23.8 Å². The molecule has 0 unspecified atom stereocenters. The van der Waals surface area contributed by atoms with Crippen molar-refractivity contribution in [2.24, 2.45) is 0 Å². The van der Waals surface area contributed by atoms with Gasteiger partial charge in [-0.2, -0.15) is 0 Å². The molecule has 6 heteroatoms. The van der Waals surface area contributed by atoms with Gasteiger partial charge in [0.1, 0.15) is 6.04 Å². The first-order chi connectivity index (χ1) is 11.6. The number of hydrogen-bond acceptors (Lipinski definition) is 4. The second-order valence-electron chi connectivity index (χ2n) is 5.95. The van der Waals surface area contributed by atoms with Crippen molar-refractivity contribution in [3.63, 3.8) is 0 Å². The molecule has 6 nitrogen and oxygen atoms in total. The molecule has 1 fully saturated rings. The van der Waals surface area contributed by atoms with E-state index in [-0.39, 0.29) is 18.4 Å². The third kappa shape index (κ3) is 3.23. The standard InChI is InChI=1S/C18H21N3O3/c1-13-18(23)20(9-10-24-2)12-17(22)21(13)11-15-8-7-14-5-3-4-6-16(14)19-15/h3-8,13H,9-12H2,1-2H3/t13-/m0/s1. The van der Waals surface area contributed by atoms with Crippen LogP contribution in [0, 0.1) is 0 Å². The number of carbonyl (C=O) groups is 2. The Balaban J connectivity index is 1.76. The first-order valence-electron chi connectivity index (χ1n) is 8.02. The lowest BCUT2D eigenvalue weighted by molar-refractivity contribution is -0.156. The van der Waals surface area contributed by atoms with Gasteiger partial charge in [0.05, 0.1) is 30.9 Å². The zero-order chi connectivity index (χ0) is 17.1. The van der Waals surface area contributed by atoms with E-state index in [2.05, 4.69) is 4.98 Å². The minimum Gasteiger partial charge on any atom is -0.383 e.